The van der Waals surface area contributed by atoms with Gasteiger partial charge in [-0.2, -0.15) is 0 Å². The molecule has 0 amide bonds. The smallest absolute Gasteiger partial charge is 0.308 e. The molecule has 104 valence electrons. The molecule has 19 heavy (non-hydrogen) atoms. The normalized spacial score (nSPS) is 13.6. The van der Waals surface area contributed by atoms with Gasteiger partial charge in [0.15, 0.2) is 0 Å². The molecule has 0 saturated heterocycles. The first-order valence-electron chi connectivity index (χ1n) is 5.79. The van der Waals surface area contributed by atoms with Crippen LogP contribution in [0.1, 0.15) is 35.4 Å². The highest BCUT2D eigenvalue weighted by molar-refractivity contribution is 5.75. The van der Waals surface area contributed by atoms with Crippen LogP contribution in [0.2, 0.25) is 0 Å². The van der Waals surface area contributed by atoms with Crippen molar-refractivity contribution in [2.45, 2.75) is 25.6 Å². The average molecular weight is 268 g/mol. The number of phenolic OH excluding ortho intramolecular Hbond substituents is 1. The Labute approximate surface area is 110 Å². The van der Waals surface area contributed by atoms with Gasteiger partial charge in [0.2, 0.25) is 0 Å². The molecule has 2 atom stereocenters. The Hall–Kier alpha value is -1.92. The molecule has 0 aliphatic carbocycles. The molecule has 0 saturated carbocycles. The zero-order valence-electron chi connectivity index (χ0n) is 10.4. The summed E-state index contributed by atoms with van der Waals surface area (Å²) in [5.74, 6) is -0.916. The lowest BCUT2D eigenvalue weighted by Gasteiger charge is -2.18. The third-order valence-corrected chi connectivity index (χ3v) is 2.55. The van der Waals surface area contributed by atoms with Gasteiger partial charge in [0.25, 0.3) is 0 Å². The van der Waals surface area contributed by atoms with Crippen molar-refractivity contribution in [2.24, 2.45) is 0 Å². The van der Waals surface area contributed by atoms with Gasteiger partial charge >= 0.3 is 5.97 Å². The lowest BCUT2D eigenvalue weighted by Crippen LogP contribution is -2.23. The van der Waals surface area contributed by atoms with Crippen LogP contribution in [0.3, 0.4) is 0 Å². The van der Waals surface area contributed by atoms with Crippen LogP contribution < -0.4 is 0 Å². The summed E-state index contributed by atoms with van der Waals surface area (Å²) in [6.07, 6.45) is -2.76. The lowest BCUT2D eigenvalue weighted by atomic mass is 9.99. The van der Waals surface area contributed by atoms with Crippen LogP contribution in [0, 0.1) is 0 Å². The van der Waals surface area contributed by atoms with Gasteiger partial charge in [-0.1, -0.05) is 0 Å². The number of hydrogen-bond donors (Lipinski definition) is 3. The van der Waals surface area contributed by atoms with E-state index in [-0.39, 0.29) is 23.5 Å². The SMILES string of the molecule is CCOC(=O)CC(O)C(O)c1cc(C=O)ccc1O. The van der Waals surface area contributed by atoms with Gasteiger partial charge in [-0.15, -0.1) is 0 Å². The van der Waals surface area contributed by atoms with Crippen LogP contribution in [-0.4, -0.2) is 40.3 Å². The first-order chi connectivity index (χ1) is 8.99. The number of ether oxygens (including phenoxy) is 1. The second kappa shape index (κ2) is 6.86. The van der Waals surface area contributed by atoms with E-state index >= 15 is 0 Å². The molecular weight excluding hydrogens is 252 g/mol. The molecule has 0 spiro atoms. The molecule has 3 N–H and O–H groups in total. The summed E-state index contributed by atoms with van der Waals surface area (Å²) >= 11 is 0. The Morgan fingerprint density at radius 1 is 1.42 bits per heavy atom. The largest absolute Gasteiger partial charge is 0.508 e. The minimum Gasteiger partial charge on any atom is -0.508 e. The standard InChI is InChI=1S/C13H16O6/c1-2-19-12(17)6-11(16)13(18)9-5-8(7-14)3-4-10(9)15/h3-5,7,11,13,15-16,18H,2,6H2,1H3. The minimum absolute atomic E-state index is 0.0126. The number of benzene rings is 1. The Balaban J connectivity index is 2.83. The highest BCUT2D eigenvalue weighted by Gasteiger charge is 2.24. The molecule has 6 nitrogen and oxygen atoms in total. The topological polar surface area (TPSA) is 104 Å². The summed E-state index contributed by atoms with van der Waals surface area (Å²) in [4.78, 5) is 21.8. The molecule has 2 unspecified atom stereocenters. The van der Waals surface area contributed by atoms with Crippen LogP contribution in [0.25, 0.3) is 0 Å². The minimum atomic E-state index is -1.48. The molecule has 0 bridgehead atoms. The zero-order valence-corrected chi connectivity index (χ0v) is 10.4. The molecule has 0 fully saturated rings. The van der Waals surface area contributed by atoms with Crippen molar-refractivity contribution >= 4 is 12.3 Å². The van der Waals surface area contributed by atoms with Crippen LogP contribution >= 0.6 is 0 Å². The van der Waals surface area contributed by atoms with Crippen molar-refractivity contribution in [3.8, 4) is 5.75 Å². The van der Waals surface area contributed by atoms with E-state index in [1.54, 1.807) is 6.92 Å². The fourth-order valence-corrected chi connectivity index (χ4v) is 1.59. The quantitative estimate of drug-likeness (QED) is 0.514. The van der Waals surface area contributed by atoms with Gasteiger partial charge in [-0.05, 0) is 25.1 Å². The molecule has 0 radical (unpaired) electrons. The number of carbonyl (C=O) groups is 2. The highest BCUT2D eigenvalue weighted by atomic mass is 16.5. The fraction of sp³-hybridized carbons (Fsp3) is 0.385. The number of aliphatic hydroxyl groups is 2. The number of aromatic hydroxyl groups is 1. The number of esters is 1. The molecule has 0 aromatic heterocycles. The molecule has 1 aromatic rings. The van der Waals surface area contributed by atoms with Gasteiger partial charge < -0.3 is 20.1 Å². The fourth-order valence-electron chi connectivity index (χ4n) is 1.59. The number of phenols is 1. The Kier molecular flexibility index (Phi) is 5.47. The summed E-state index contributed by atoms with van der Waals surface area (Å²) in [6.45, 7) is 1.80. The van der Waals surface area contributed by atoms with E-state index in [0.717, 1.165) is 0 Å². The summed E-state index contributed by atoms with van der Waals surface area (Å²) in [5, 5.41) is 29.2. The van der Waals surface area contributed by atoms with E-state index in [2.05, 4.69) is 4.74 Å². The number of aldehydes is 1. The molecule has 0 heterocycles. The maximum absolute atomic E-state index is 11.2. The molecule has 1 aromatic carbocycles. The second-order valence-corrected chi connectivity index (χ2v) is 3.96. The summed E-state index contributed by atoms with van der Waals surface area (Å²) in [6, 6.07) is 3.86. The average Bonchev–Trinajstić information content (AvgIpc) is 2.38. The van der Waals surface area contributed by atoms with Gasteiger partial charge in [0, 0.05) is 11.1 Å². The Bertz CT molecular complexity index is 456. The number of aliphatic hydroxyl groups excluding tert-OH is 2. The van der Waals surface area contributed by atoms with Crippen molar-refractivity contribution in [3.63, 3.8) is 0 Å². The van der Waals surface area contributed by atoms with Crippen molar-refractivity contribution in [1.29, 1.82) is 0 Å². The third-order valence-electron chi connectivity index (χ3n) is 2.55. The van der Waals surface area contributed by atoms with Gasteiger partial charge in [0.05, 0.1) is 19.1 Å². The second-order valence-electron chi connectivity index (χ2n) is 3.96. The van der Waals surface area contributed by atoms with E-state index in [0.29, 0.717) is 6.29 Å². The molecular formula is C13H16O6. The molecule has 6 heteroatoms. The van der Waals surface area contributed by atoms with Gasteiger partial charge in [-0.25, -0.2) is 0 Å². The summed E-state index contributed by atoms with van der Waals surface area (Å²) < 4.78 is 4.64. The monoisotopic (exact) mass is 268 g/mol. The van der Waals surface area contributed by atoms with Crippen LogP contribution in [0.5, 0.6) is 5.75 Å². The van der Waals surface area contributed by atoms with E-state index in [9.17, 15) is 24.9 Å². The van der Waals surface area contributed by atoms with Crippen LogP contribution in [0.15, 0.2) is 18.2 Å². The van der Waals surface area contributed by atoms with Crippen molar-refractivity contribution in [3.05, 3.63) is 29.3 Å². The van der Waals surface area contributed by atoms with E-state index in [4.69, 9.17) is 0 Å². The number of rotatable bonds is 6. The first kappa shape index (κ1) is 15.1. The number of carbonyl (C=O) groups excluding carboxylic acids is 2. The molecule has 1 rings (SSSR count). The maximum Gasteiger partial charge on any atom is 0.308 e. The van der Waals surface area contributed by atoms with Crippen molar-refractivity contribution < 1.29 is 29.6 Å². The third kappa shape index (κ3) is 4.04. The predicted octanol–water partition coefficient (Wildman–Crippen LogP) is 0.552. The molecule has 0 aliphatic rings. The summed E-state index contributed by atoms with van der Waals surface area (Å²) in [5.41, 5.74) is 0.233. The van der Waals surface area contributed by atoms with Crippen LogP contribution in [-0.2, 0) is 9.53 Å². The van der Waals surface area contributed by atoms with E-state index in [1.807, 2.05) is 0 Å². The van der Waals surface area contributed by atoms with Gasteiger partial charge in [0.1, 0.15) is 18.1 Å². The summed E-state index contributed by atoms with van der Waals surface area (Å²) in [7, 11) is 0. The van der Waals surface area contributed by atoms with Gasteiger partial charge in [-0.3, -0.25) is 9.59 Å². The van der Waals surface area contributed by atoms with Crippen molar-refractivity contribution in [1.82, 2.24) is 0 Å². The van der Waals surface area contributed by atoms with E-state index in [1.165, 1.54) is 18.2 Å². The number of hydrogen-bond acceptors (Lipinski definition) is 6. The highest BCUT2D eigenvalue weighted by Crippen LogP contribution is 2.28. The Morgan fingerprint density at radius 2 is 2.11 bits per heavy atom. The maximum atomic E-state index is 11.2. The molecule has 0 aliphatic heterocycles. The van der Waals surface area contributed by atoms with E-state index < -0.39 is 24.6 Å². The first-order valence-corrected chi connectivity index (χ1v) is 5.79. The predicted molar refractivity (Wildman–Crippen MR) is 65.7 cm³/mol. The van der Waals surface area contributed by atoms with Crippen molar-refractivity contribution in [2.75, 3.05) is 6.61 Å². The lowest BCUT2D eigenvalue weighted by molar-refractivity contribution is -0.147. The van der Waals surface area contributed by atoms with Crippen LogP contribution in [0.4, 0.5) is 0 Å². The zero-order chi connectivity index (χ0) is 14.4. The Morgan fingerprint density at radius 3 is 2.68 bits per heavy atom.